The maximum absolute atomic E-state index is 11.9. The summed E-state index contributed by atoms with van der Waals surface area (Å²) in [5, 5.41) is 0. The topological polar surface area (TPSA) is 69.4 Å². The van der Waals surface area contributed by atoms with Crippen LogP contribution in [0.25, 0.3) is 0 Å². The molecule has 0 unspecified atom stereocenters. The van der Waals surface area contributed by atoms with Crippen molar-refractivity contribution < 1.29 is 26.3 Å². The summed E-state index contributed by atoms with van der Waals surface area (Å²) >= 11 is 0. The highest BCUT2D eigenvalue weighted by Crippen LogP contribution is 2.26. The molecule has 0 saturated heterocycles. The Bertz CT molecular complexity index is 516. The predicted molar refractivity (Wildman–Crippen MR) is 61.4 cm³/mol. The number of benzene rings is 1. The van der Waals surface area contributed by atoms with Gasteiger partial charge in [0.15, 0.2) is 9.84 Å². The maximum atomic E-state index is 11.9. The van der Waals surface area contributed by atoms with Gasteiger partial charge in [0, 0.05) is 12.8 Å². The maximum Gasteiger partial charge on any atom is 0.573 e. The van der Waals surface area contributed by atoms with Crippen molar-refractivity contribution in [1.29, 1.82) is 0 Å². The van der Waals surface area contributed by atoms with Crippen LogP contribution in [0.15, 0.2) is 23.1 Å². The van der Waals surface area contributed by atoms with Gasteiger partial charge >= 0.3 is 6.36 Å². The minimum Gasteiger partial charge on any atom is -0.406 e. The van der Waals surface area contributed by atoms with E-state index in [0.29, 0.717) is 0 Å². The van der Waals surface area contributed by atoms with Gasteiger partial charge in [0.2, 0.25) is 0 Å². The highest BCUT2D eigenvalue weighted by Gasteiger charge is 2.31. The van der Waals surface area contributed by atoms with Crippen LogP contribution in [0.5, 0.6) is 5.75 Å². The minimum absolute atomic E-state index is 0. The summed E-state index contributed by atoms with van der Waals surface area (Å²) in [4.78, 5) is -0.102. The Balaban J connectivity index is 0.00000289. The first kappa shape index (κ1) is 17.0. The monoisotopic (exact) mass is 305 g/mol. The Kier molecular flexibility index (Phi) is 5.45. The summed E-state index contributed by atoms with van der Waals surface area (Å²) in [5.74, 6) is -0.495. The van der Waals surface area contributed by atoms with Crippen LogP contribution in [0.4, 0.5) is 13.2 Å². The van der Waals surface area contributed by atoms with E-state index in [1.165, 1.54) is 0 Å². The molecule has 0 heterocycles. The molecule has 2 N–H and O–H groups in total. The van der Waals surface area contributed by atoms with Gasteiger partial charge in [0.05, 0.1) is 4.90 Å². The quantitative estimate of drug-likeness (QED) is 0.925. The van der Waals surface area contributed by atoms with Crippen molar-refractivity contribution in [2.24, 2.45) is 5.73 Å². The fourth-order valence-electron chi connectivity index (χ4n) is 1.27. The average Bonchev–Trinajstić information content (AvgIpc) is 2.13. The molecule has 0 aliphatic heterocycles. The van der Waals surface area contributed by atoms with Gasteiger partial charge in [-0.05, 0) is 23.8 Å². The third-order valence-electron chi connectivity index (χ3n) is 1.88. The first-order valence-electron chi connectivity index (χ1n) is 4.42. The molecule has 0 saturated carbocycles. The molecule has 0 fully saturated rings. The standard InChI is InChI=1S/C9H10F3NO3S.ClH/c1-17(14,15)8-3-2-7(4-6(8)5-13)16-9(10,11)12;/h2-4H,5,13H2,1H3;1H. The summed E-state index contributed by atoms with van der Waals surface area (Å²) in [7, 11) is -3.52. The predicted octanol–water partition coefficient (Wildman–Crippen LogP) is 1.87. The van der Waals surface area contributed by atoms with E-state index in [1.807, 2.05) is 0 Å². The molecule has 0 aliphatic carbocycles. The van der Waals surface area contributed by atoms with Crippen LogP contribution in [0.3, 0.4) is 0 Å². The summed E-state index contributed by atoms with van der Waals surface area (Å²) < 4.78 is 62.1. The van der Waals surface area contributed by atoms with E-state index in [-0.39, 0.29) is 29.4 Å². The number of sulfone groups is 1. The van der Waals surface area contributed by atoms with Crippen molar-refractivity contribution in [3.63, 3.8) is 0 Å². The van der Waals surface area contributed by atoms with Crippen molar-refractivity contribution in [1.82, 2.24) is 0 Å². The van der Waals surface area contributed by atoms with Gasteiger partial charge in [-0.1, -0.05) is 0 Å². The van der Waals surface area contributed by atoms with Gasteiger partial charge < -0.3 is 10.5 Å². The molecule has 18 heavy (non-hydrogen) atoms. The van der Waals surface area contributed by atoms with Crippen molar-refractivity contribution in [2.75, 3.05) is 6.26 Å². The van der Waals surface area contributed by atoms with E-state index >= 15 is 0 Å². The van der Waals surface area contributed by atoms with Crippen molar-refractivity contribution in [3.05, 3.63) is 23.8 Å². The third-order valence-corrected chi connectivity index (χ3v) is 3.08. The molecule has 0 amide bonds. The SMILES string of the molecule is CS(=O)(=O)c1ccc(OC(F)(F)F)cc1CN.Cl. The molecule has 0 aromatic heterocycles. The zero-order chi connectivity index (χ0) is 13.3. The van der Waals surface area contributed by atoms with Crippen molar-refractivity contribution >= 4 is 22.2 Å². The Morgan fingerprint density at radius 2 is 1.89 bits per heavy atom. The smallest absolute Gasteiger partial charge is 0.406 e. The number of hydrogen-bond donors (Lipinski definition) is 1. The second-order valence-corrected chi connectivity index (χ2v) is 5.28. The molecular formula is C9H11ClF3NO3S. The summed E-state index contributed by atoms with van der Waals surface area (Å²) in [6.07, 6.45) is -3.87. The summed E-state index contributed by atoms with van der Waals surface area (Å²) in [6.45, 7) is -0.197. The van der Waals surface area contributed by atoms with E-state index in [2.05, 4.69) is 4.74 Å². The van der Waals surface area contributed by atoms with E-state index in [0.717, 1.165) is 24.5 Å². The number of nitrogens with two attached hydrogens (primary N) is 1. The minimum atomic E-state index is -4.82. The molecule has 1 aromatic carbocycles. The van der Waals surface area contributed by atoms with E-state index in [4.69, 9.17) is 5.73 Å². The fourth-order valence-corrected chi connectivity index (χ4v) is 2.21. The summed E-state index contributed by atoms with van der Waals surface area (Å²) in [5.41, 5.74) is 5.36. The van der Waals surface area contributed by atoms with Crippen molar-refractivity contribution in [3.8, 4) is 5.75 Å². The number of ether oxygens (including phenoxy) is 1. The lowest BCUT2D eigenvalue weighted by atomic mass is 10.2. The largest absolute Gasteiger partial charge is 0.573 e. The first-order valence-corrected chi connectivity index (χ1v) is 6.31. The highest BCUT2D eigenvalue weighted by atomic mass is 35.5. The third kappa shape index (κ3) is 4.71. The molecule has 0 atom stereocenters. The number of alkyl halides is 3. The first-order chi connectivity index (χ1) is 7.63. The van der Waals surface area contributed by atoms with E-state index in [9.17, 15) is 21.6 Å². The molecule has 9 heteroatoms. The summed E-state index contributed by atoms with van der Waals surface area (Å²) in [6, 6.07) is 2.94. The van der Waals surface area contributed by atoms with Gasteiger partial charge in [-0.2, -0.15) is 0 Å². The number of hydrogen-bond acceptors (Lipinski definition) is 4. The molecule has 1 aromatic rings. The molecular weight excluding hydrogens is 295 g/mol. The Morgan fingerprint density at radius 3 is 2.28 bits per heavy atom. The van der Waals surface area contributed by atoms with Gasteiger partial charge in [0.25, 0.3) is 0 Å². The second kappa shape index (κ2) is 5.77. The lowest BCUT2D eigenvalue weighted by Gasteiger charge is -2.11. The molecule has 4 nitrogen and oxygen atoms in total. The lowest BCUT2D eigenvalue weighted by Crippen LogP contribution is -2.17. The molecule has 104 valence electrons. The molecule has 0 aliphatic rings. The fraction of sp³-hybridized carbons (Fsp3) is 0.333. The normalized spacial score (nSPS) is 11.8. The Hall–Kier alpha value is -0.990. The van der Waals surface area contributed by atoms with Crippen LogP contribution in [-0.4, -0.2) is 21.0 Å². The Labute approximate surface area is 108 Å². The average molecular weight is 306 g/mol. The lowest BCUT2D eigenvalue weighted by molar-refractivity contribution is -0.274. The zero-order valence-electron chi connectivity index (χ0n) is 9.19. The van der Waals surface area contributed by atoms with Gasteiger partial charge in [-0.25, -0.2) is 8.42 Å². The van der Waals surface area contributed by atoms with Crippen LogP contribution in [0.2, 0.25) is 0 Å². The molecule has 0 bridgehead atoms. The van der Waals surface area contributed by atoms with E-state index < -0.39 is 21.9 Å². The number of halogens is 4. The van der Waals surface area contributed by atoms with E-state index in [1.54, 1.807) is 0 Å². The van der Waals surface area contributed by atoms with Gasteiger partial charge in [-0.3, -0.25) is 0 Å². The molecule has 0 spiro atoms. The molecule has 0 radical (unpaired) electrons. The van der Waals surface area contributed by atoms with Crippen molar-refractivity contribution in [2.45, 2.75) is 17.8 Å². The van der Waals surface area contributed by atoms with Crippen LogP contribution >= 0.6 is 12.4 Å². The van der Waals surface area contributed by atoms with Crippen LogP contribution in [0.1, 0.15) is 5.56 Å². The number of rotatable bonds is 3. The van der Waals surface area contributed by atoms with Crippen LogP contribution in [0, 0.1) is 0 Å². The van der Waals surface area contributed by atoms with Gasteiger partial charge in [-0.15, -0.1) is 25.6 Å². The Morgan fingerprint density at radius 1 is 1.33 bits per heavy atom. The van der Waals surface area contributed by atoms with Gasteiger partial charge in [0.1, 0.15) is 5.75 Å². The van der Waals surface area contributed by atoms with Crippen LogP contribution in [-0.2, 0) is 16.4 Å². The highest BCUT2D eigenvalue weighted by molar-refractivity contribution is 7.90. The second-order valence-electron chi connectivity index (χ2n) is 3.29. The molecule has 1 rings (SSSR count). The van der Waals surface area contributed by atoms with Crippen LogP contribution < -0.4 is 10.5 Å². The zero-order valence-corrected chi connectivity index (χ0v) is 10.8.